The number of halogens is 2. The maximum atomic E-state index is 13.2. The van der Waals surface area contributed by atoms with Crippen molar-refractivity contribution >= 4 is 5.97 Å². The molecule has 2 aromatic carbocycles. The minimum Gasteiger partial charge on any atom is -0.503 e. The molecule has 0 saturated heterocycles. The van der Waals surface area contributed by atoms with E-state index in [1.54, 1.807) is 0 Å². The topological polar surface area (TPSA) is 57.5 Å². The summed E-state index contributed by atoms with van der Waals surface area (Å²) in [6, 6.07) is 7.56. The summed E-state index contributed by atoms with van der Waals surface area (Å²) in [6.07, 6.45) is 0. The molecule has 0 spiro atoms. The predicted octanol–water partition coefficient (Wildman–Crippen LogP) is 3.04. The Morgan fingerprint density at radius 2 is 1.61 bits per heavy atom. The number of benzene rings is 2. The van der Waals surface area contributed by atoms with E-state index in [0.29, 0.717) is 5.56 Å². The molecule has 2 N–H and O–H groups in total. The Morgan fingerprint density at radius 3 is 2.17 bits per heavy atom. The Balaban J connectivity index is 2.55. The molecular weight excluding hydrogens is 242 g/mol. The van der Waals surface area contributed by atoms with Crippen LogP contribution in [0, 0.1) is 11.6 Å². The van der Waals surface area contributed by atoms with Gasteiger partial charge in [0.25, 0.3) is 0 Å². The van der Waals surface area contributed by atoms with Crippen molar-refractivity contribution in [2.45, 2.75) is 0 Å². The van der Waals surface area contributed by atoms with Crippen LogP contribution in [-0.4, -0.2) is 16.2 Å². The summed E-state index contributed by atoms with van der Waals surface area (Å²) in [4.78, 5) is 10.8. The molecular formula is C13H8F2O3. The zero-order valence-corrected chi connectivity index (χ0v) is 9.02. The summed E-state index contributed by atoms with van der Waals surface area (Å²) < 4.78 is 26.4. The van der Waals surface area contributed by atoms with Crippen LogP contribution in [0.4, 0.5) is 8.78 Å². The van der Waals surface area contributed by atoms with Gasteiger partial charge in [-0.25, -0.2) is 13.6 Å². The van der Waals surface area contributed by atoms with Crippen LogP contribution >= 0.6 is 0 Å². The SMILES string of the molecule is O=C(O)c1cccc(-c2cc(F)c(O)c(F)c2)c1. The molecule has 0 saturated carbocycles. The highest BCUT2D eigenvalue weighted by Gasteiger charge is 2.11. The molecule has 2 rings (SSSR count). The minimum atomic E-state index is -1.13. The van der Waals surface area contributed by atoms with Gasteiger partial charge in [-0.05, 0) is 35.4 Å². The van der Waals surface area contributed by atoms with E-state index in [0.717, 1.165) is 12.1 Å². The maximum absolute atomic E-state index is 13.2. The van der Waals surface area contributed by atoms with Gasteiger partial charge in [0.05, 0.1) is 5.56 Å². The number of carbonyl (C=O) groups is 1. The van der Waals surface area contributed by atoms with Crippen LogP contribution in [0.25, 0.3) is 11.1 Å². The molecule has 0 aliphatic carbocycles. The van der Waals surface area contributed by atoms with E-state index in [2.05, 4.69) is 0 Å². The van der Waals surface area contributed by atoms with Crippen molar-refractivity contribution in [3.05, 3.63) is 53.6 Å². The van der Waals surface area contributed by atoms with Crippen molar-refractivity contribution in [2.24, 2.45) is 0 Å². The molecule has 0 unspecified atom stereocenters. The Kier molecular flexibility index (Phi) is 2.97. The Bertz CT molecular complexity index is 600. The van der Waals surface area contributed by atoms with Crippen molar-refractivity contribution in [3.63, 3.8) is 0 Å². The van der Waals surface area contributed by atoms with Crippen LogP contribution < -0.4 is 0 Å². The highest BCUT2D eigenvalue weighted by atomic mass is 19.1. The van der Waals surface area contributed by atoms with Crippen molar-refractivity contribution in [2.75, 3.05) is 0 Å². The van der Waals surface area contributed by atoms with Crippen LogP contribution in [0.15, 0.2) is 36.4 Å². The van der Waals surface area contributed by atoms with Crippen molar-refractivity contribution in [1.82, 2.24) is 0 Å². The average molecular weight is 250 g/mol. The number of carboxylic acids is 1. The summed E-state index contributed by atoms with van der Waals surface area (Å²) in [7, 11) is 0. The van der Waals surface area contributed by atoms with Gasteiger partial charge in [0, 0.05) is 0 Å². The van der Waals surface area contributed by atoms with E-state index in [4.69, 9.17) is 10.2 Å². The van der Waals surface area contributed by atoms with E-state index >= 15 is 0 Å². The highest BCUT2D eigenvalue weighted by molar-refractivity contribution is 5.89. The van der Waals surface area contributed by atoms with Gasteiger partial charge < -0.3 is 10.2 Å². The van der Waals surface area contributed by atoms with Gasteiger partial charge in [-0.2, -0.15) is 0 Å². The summed E-state index contributed by atoms with van der Waals surface area (Å²) in [5, 5.41) is 17.8. The third kappa shape index (κ3) is 2.15. The van der Waals surface area contributed by atoms with Gasteiger partial charge in [0.15, 0.2) is 17.4 Å². The zero-order chi connectivity index (χ0) is 13.3. The van der Waals surface area contributed by atoms with Crippen molar-refractivity contribution in [3.8, 4) is 16.9 Å². The van der Waals surface area contributed by atoms with Crippen LogP contribution in [-0.2, 0) is 0 Å². The Hall–Kier alpha value is -2.43. The van der Waals surface area contributed by atoms with Gasteiger partial charge in [0.2, 0.25) is 0 Å². The van der Waals surface area contributed by atoms with E-state index in [1.165, 1.54) is 24.3 Å². The Labute approximate surface area is 101 Å². The maximum Gasteiger partial charge on any atom is 0.335 e. The number of aromatic hydroxyl groups is 1. The van der Waals surface area contributed by atoms with E-state index < -0.39 is 23.4 Å². The first-order valence-electron chi connectivity index (χ1n) is 5.01. The van der Waals surface area contributed by atoms with Crippen LogP contribution in [0.3, 0.4) is 0 Å². The molecule has 2 aromatic rings. The van der Waals surface area contributed by atoms with Crippen molar-refractivity contribution < 1.29 is 23.8 Å². The first kappa shape index (κ1) is 12.0. The molecule has 0 aliphatic rings. The molecule has 0 bridgehead atoms. The largest absolute Gasteiger partial charge is 0.503 e. The standard InChI is InChI=1S/C13H8F2O3/c14-10-5-9(6-11(15)12(10)16)7-2-1-3-8(4-7)13(17)18/h1-6,16H,(H,17,18). The van der Waals surface area contributed by atoms with Crippen molar-refractivity contribution in [1.29, 1.82) is 0 Å². The average Bonchev–Trinajstić information content (AvgIpc) is 2.35. The molecule has 0 amide bonds. The zero-order valence-electron chi connectivity index (χ0n) is 9.02. The molecule has 0 aromatic heterocycles. The quantitative estimate of drug-likeness (QED) is 0.861. The van der Waals surface area contributed by atoms with Gasteiger partial charge in [-0.1, -0.05) is 12.1 Å². The molecule has 5 heteroatoms. The molecule has 92 valence electrons. The van der Waals surface area contributed by atoms with Gasteiger partial charge in [-0.15, -0.1) is 0 Å². The lowest BCUT2D eigenvalue weighted by molar-refractivity contribution is 0.0697. The van der Waals surface area contributed by atoms with E-state index in [-0.39, 0.29) is 11.1 Å². The number of phenolic OH excluding ortho intramolecular Hbond substituents is 1. The highest BCUT2D eigenvalue weighted by Crippen LogP contribution is 2.28. The molecule has 0 aliphatic heterocycles. The molecule has 0 radical (unpaired) electrons. The van der Waals surface area contributed by atoms with Gasteiger partial charge in [0.1, 0.15) is 0 Å². The van der Waals surface area contributed by atoms with Crippen LogP contribution in [0.1, 0.15) is 10.4 Å². The number of hydrogen-bond donors (Lipinski definition) is 2. The summed E-state index contributed by atoms with van der Waals surface area (Å²) in [5.74, 6) is -4.36. The summed E-state index contributed by atoms with van der Waals surface area (Å²) in [6.45, 7) is 0. The normalized spacial score (nSPS) is 10.3. The second-order valence-electron chi connectivity index (χ2n) is 3.67. The number of phenols is 1. The summed E-state index contributed by atoms with van der Waals surface area (Å²) >= 11 is 0. The van der Waals surface area contributed by atoms with Gasteiger partial charge >= 0.3 is 5.97 Å². The van der Waals surface area contributed by atoms with Crippen LogP contribution in [0.2, 0.25) is 0 Å². The minimum absolute atomic E-state index is 0.0152. The summed E-state index contributed by atoms with van der Waals surface area (Å²) in [5.41, 5.74) is 0.528. The first-order chi connectivity index (χ1) is 8.49. The fourth-order valence-electron chi connectivity index (χ4n) is 1.56. The van der Waals surface area contributed by atoms with E-state index in [1.807, 2.05) is 0 Å². The molecule has 3 nitrogen and oxygen atoms in total. The monoisotopic (exact) mass is 250 g/mol. The number of hydrogen-bond acceptors (Lipinski definition) is 2. The molecule has 0 heterocycles. The Morgan fingerprint density at radius 1 is 1.00 bits per heavy atom. The second kappa shape index (κ2) is 4.44. The number of aromatic carboxylic acids is 1. The lowest BCUT2D eigenvalue weighted by Crippen LogP contribution is -1.96. The fraction of sp³-hybridized carbons (Fsp3) is 0. The van der Waals surface area contributed by atoms with Crippen LogP contribution in [0.5, 0.6) is 5.75 Å². The third-order valence-corrected chi connectivity index (χ3v) is 2.46. The fourth-order valence-corrected chi connectivity index (χ4v) is 1.56. The molecule has 18 heavy (non-hydrogen) atoms. The number of carboxylic acid groups (broad SMARTS) is 1. The molecule has 0 fully saturated rings. The smallest absolute Gasteiger partial charge is 0.335 e. The predicted molar refractivity (Wildman–Crippen MR) is 60.4 cm³/mol. The lowest BCUT2D eigenvalue weighted by Gasteiger charge is -2.05. The van der Waals surface area contributed by atoms with Gasteiger partial charge in [-0.3, -0.25) is 0 Å². The van der Waals surface area contributed by atoms with E-state index in [9.17, 15) is 13.6 Å². The molecule has 0 atom stereocenters. The third-order valence-electron chi connectivity index (χ3n) is 2.46. The number of rotatable bonds is 2. The first-order valence-corrected chi connectivity index (χ1v) is 5.01. The lowest BCUT2D eigenvalue weighted by atomic mass is 10.0. The second-order valence-corrected chi connectivity index (χ2v) is 3.67.